The molecular weight excluding hydrogens is 516 g/mol. The Hall–Kier alpha value is -4.31. The summed E-state index contributed by atoms with van der Waals surface area (Å²) in [5.74, 6) is -1.76. The van der Waals surface area contributed by atoms with E-state index in [9.17, 15) is 19.2 Å². The van der Waals surface area contributed by atoms with E-state index in [4.69, 9.17) is 4.74 Å². The van der Waals surface area contributed by atoms with Crippen molar-refractivity contribution in [2.45, 2.75) is 34.1 Å². The summed E-state index contributed by atoms with van der Waals surface area (Å²) in [7, 11) is 0. The normalized spacial score (nSPS) is 15.1. The van der Waals surface area contributed by atoms with Gasteiger partial charge < -0.3 is 15.0 Å². The van der Waals surface area contributed by atoms with Crippen LogP contribution in [-0.4, -0.2) is 40.7 Å². The Morgan fingerprint density at radius 2 is 1.87 bits per heavy atom. The Balaban J connectivity index is 1.50. The highest BCUT2D eigenvalue weighted by Crippen LogP contribution is 2.33. The lowest BCUT2D eigenvalue weighted by Crippen LogP contribution is -2.29. The maximum absolute atomic E-state index is 13.6. The van der Waals surface area contributed by atoms with Crippen molar-refractivity contribution in [3.63, 3.8) is 0 Å². The van der Waals surface area contributed by atoms with Crippen LogP contribution in [0, 0.1) is 26.7 Å². The SMILES string of the molecule is CCOC(=O)c1nn(-c2cccc(C)c2)c(=O)c2c(NC(=O)C3CC(=O)N(c4ccc(C)c(C)c4)C3)scc12. The summed E-state index contributed by atoms with van der Waals surface area (Å²) >= 11 is 1.13. The quantitative estimate of drug-likeness (QED) is 0.357. The van der Waals surface area contributed by atoms with E-state index in [1.54, 1.807) is 35.4 Å². The van der Waals surface area contributed by atoms with Gasteiger partial charge in [0.2, 0.25) is 11.8 Å². The van der Waals surface area contributed by atoms with Gasteiger partial charge in [-0.25, -0.2) is 4.79 Å². The molecule has 0 radical (unpaired) electrons. The number of ether oxygens (including phenoxy) is 1. The molecule has 9 nitrogen and oxygen atoms in total. The van der Waals surface area contributed by atoms with E-state index in [0.29, 0.717) is 16.1 Å². The fourth-order valence-corrected chi connectivity index (χ4v) is 5.61. The first kappa shape index (κ1) is 26.3. The molecule has 0 spiro atoms. The molecule has 1 aliphatic heterocycles. The van der Waals surface area contributed by atoms with Crippen LogP contribution in [-0.2, 0) is 14.3 Å². The lowest BCUT2D eigenvalue weighted by atomic mass is 10.1. The van der Waals surface area contributed by atoms with Gasteiger partial charge in [-0.1, -0.05) is 18.2 Å². The monoisotopic (exact) mass is 544 g/mol. The van der Waals surface area contributed by atoms with Gasteiger partial charge in [0.25, 0.3) is 5.56 Å². The number of fused-ring (bicyclic) bond motifs is 1. The molecule has 0 bridgehead atoms. The van der Waals surface area contributed by atoms with Crippen LogP contribution in [0.2, 0.25) is 0 Å². The molecule has 1 fully saturated rings. The Morgan fingerprint density at radius 1 is 1.08 bits per heavy atom. The molecule has 4 aromatic rings. The molecule has 2 amide bonds. The van der Waals surface area contributed by atoms with Gasteiger partial charge in [-0.3, -0.25) is 14.4 Å². The third-order valence-corrected chi connectivity index (χ3v) is 7.80. The number of benzene rings is 2. The van der Waals surface area contributed by atoms with Crippen LogP contribution >= 0.6 is 11.3 Å². The molecule has 1 N–H and O–H groups in total. The number of aromatic nitrogens is 2. The minimum Gasteiger partial charge on any atom is -0.461 e. The summed E-state index contributed by atoms with van der Waals surface area (Å²) in [6.45, 7) is 7.94. The Kier molecular flexibility index (Phi) is 7.05. The van der Waals surface area contributed by atoms with Crippen molar-refractivity contribution in [3.05, 3.63) is 80.6 Å². The number of nitrogens with zero attached hydrogens (tertiary/aromatic N) is 3. The number of hydrogen-bond acceptors (Lipinski definition) is 7. The largest absolute Gasteiger partial charge is 0.461 e. The van der Waals surface area contributed by atoms with Gasteiger partial charge in [-0.05, 0) is 68.7 Å². The van der Waals surface area contributed by atoms with Gasteiger partial charge in [0, 0.05) is 29.4 Å². The van der Waals surface area contributed by atoms with Crippen molar-refractivity contribution in [1.82, 2.24) is 9.78 Å². The van der Waals surface area contributed by atoms with Crippen LogP contribution in [0.4, 0.5) is 10.7 Å². The van der Waals surface area contributed by atoms with E-state index < -0.39 is 17.4 Å². The number of thiophene rings is 1. The standard InChI is InChI=1S/C29H28N4O5S/c1-5-38-29(37)25-22-15-39-27(24(22)28(36)33(31-25)21-8-6-7-16(2)11-21)30-26(35)19-13-23(34)32(14-19)20-10-9-17(3)18(4)12-20/h6-12,15,19H,5,13-14H2,1-4H3,(H,30,35). The summed E-state index contributed by atoms with van der Waals surface area (Å²) in [6, 6.07) is 13.0. The summed E-state index contributed by atoms with van der Waals surface area (Å²) in [6.07, 6.45) is 0.0607. The number of hydrogen-bond donors (Lipinski definition) is 1. The van der Waals surface area contributed by atoms with Gasteiger partial charge in [0.05, 0.1) is 23.6 Å². The number of carbonyl (C=O) groups excluding carboxylic acids is 3. The molecule has 3 heterocycles. The predicted octanol–water partition coefficient (Wildman–Crippen LogP) is 4.54. The summed E-state index contributed by atoms with van der Waals surface area (Å²) in [5, 5.41) is 9.59. The molecule has 200 valence electrons. The third-order valence-electron chi connectivity index (χ3n) is 6.90. The lowest BCUT2D eigenvalue weighted by Gasteiger charge is -2.18. The highest BCUT2D eigenvalue weighted by Gasteiger charge is 2.36. The third kappa shape index (κ3) is 4.95. The Labute approximate surface area is 229 Å². The number of esters is 1. The zero-order valence-electron chi connectivity index (χ0n) is 22.1. The van der Waals surface area contributed by atoms with Crippen molar-refractivity contribution in [2.24, 2.45) is 5.92 Å². The van der Waals surface area contributed by atoms with E-state index in [-0.39, 0.29) is 42.5 Å². The van der Waals surface area contributed by atoms with Crippen LogP contribution < -0.4 is 15.8 Å². The first-order chi connectivity index (χ1) is 18.7. The van der Waals surface area contributed by atoms with Crippen LogP contribution in [0.1, 0.15) is 40.5 Å². The van der Waals surface area contributed by atoms with E-state index in [1.165, 1.54) is 0 Å². The van der Waals surface area contributed by atoms with Crippen molar-refractivity contribution >= 4 is 50.6 Å². The van der Waals surface area contributed by atoms with Gasteiger partial charge in [-0.2, -0.15) is 9.78 Å². The molecule has 10 heteroatoms. The zero-order valence-corrected chi connectivity index (χ0v) is 22.9. The number of amides is 2. The first-order valence-electron chi connectivity index (χ1n) is 12.6. The van der Waals surface area contributed by atoms with Crippen molar-refractivity contribution in [3.8, 4) is 5.69 Å². The highest BCUT2D eigenvalue weighted by atomic mass is 32.1. The lowest BCUT2D eigenvalue weighted by molar-refractivity contribution is -0.122. The summed E-state index contributed by atoms with van der Waals surface area (Å²) in [4.78, 5) is 54.2. The van der Waals surface area contributed by atoms with Crippen LogP contribution in [0.15, 0.2) is 52.6 Å². The molecule has 1 unspecified atom stereocenters. The summed E-state index contributed by atoms with van der Waals surface area (Å²) in [5.41, 5.74) is 3.86. The second kappa shape index (κ2) is 10.5. The fraction of sp³-hybridized carbons (Fsp3) is 0.276. The highest BCUT2D eigenvalue weighted by molar-refractivity contribution is 7.16. The predicted molar refractivity (Wildman–Crippen MR) is 151 cm³/mol. The molecule has 39 heavy (non-hydrogen) atoms. The molecule has 1 atom stereocenters. The molecule has 5 rings (SSSR count). The van der Waals surface area contributed by atoms with E-state index >= 15 is 0 Å². The molecule has 0 saturated carbocycles. The number of nitrogens with one attached hydrogen (secondary N) is 1. The average Bonchev–Trinajstić information content (AvgIpc) is 3.50. The minimum absolute atomic E-state index is 0.0123. The van der Waals surface area contributed by atoms with Gasteiger partial charge in [0.15, 0.2) is 5.69 Å². The van der Waals surface area contributed by atoms with Gasteiger partial charge in [0.1, 0.15) is 5.00 Å². The van der Waals surface area contributed by atoms with E-state index in [0.717, 1.165) is 38.4 Å². The number of anilines is 2. The fourth-order valence-electron chi connectivity index (χ4n) is 4.67. The van der Waals surface area contributed by atoms with Crippen LogP contribution in [0.25, 0.3) is 16.5 Å². The molecule has 2 aromatic heterocycles. The minimum atomic E-state index is -0.662. The number of rotatable bonds is 6. The maximum atomic E-state index is 13.6. The number of carbonyl (C=O) groups is 3. The molecule has 1 saturated heterocycles. The van der Waals surface area contributed by atoms with Crippen molar-refractivity contribution in [2.75, 3.05) is 23.4 Å². The smallest absolute Gasteiger partial charge is 0.359 e. The van der Waals surface area contributed by atoms with E-state index in [2.05, 4.69) is 10.4 Å². The average molecular weight is 545 g/mol. The topological polar surface area (TPSA) is 111 Å². The van der Waals surface area contributed by atoms with E-state index in [1.807, 2.05) is 45.0 Å². The van der Waals surface area contributed by atoms with Crippen LogP contribution in [0.5, 0.6) is 0 Å². The molecule has 2 aromatic carbocycles. The zero-order chi connectivity index (χ0) is 27.8. The second-order valence-electron chi connectivity index (χ2n) is 9.64. The van der Waals surface area contributed by atoms with Gasteiger partial charge in [-0.15, -0.1) is 11.3 Å². The summed E-state index contributed by atoms with van der Waals surface area (Å²) < 4.78 is 6.36. The Bertz CT molecular complexity index is 1690. The van der Waals surface area contributed by atoms with Crippen molar-refractivity contribution < 1.29 is 19.1 Å². The Morgan fingerprint density at radius 3 is 2.59 bits per heavy atom. The first-order valence-corrected chi connectivity index (χ1v) is 13.5. The number of aryl methyl sites for hydroxylation is 3. The molecule has 1 aliphatic rings. The molecular formula is C29H28N4O5S. The second-order valence-corrected chi connectivity index (χ2v) is 10.5. The van der Waals surface area contributed by atoms with Crippen molar-refractivity contribution in [1.29, 1.82) is 0 Å². The van der Waals surface area contributed by atoms with Gasteiger partial charge >= 0.3 is 5.97 Å². The molecule has 0 aliphatic carbocycles. The van der Waals surface area contributed by atoms with Crippen LogP contribution in [0.3, 0.4) is 0 Å². The maximum Gasteiger partial charge on any atom is 0.359 e.